The Morgan fingerprint density at radius 1 is 1.14 bits per heavy atom. The topological polar surface area (TPSA) is 38.3 Å². The van der Waals surface area contributed by atoms with E-state index in [1.165, 1.54) is 0 Å². The molecule has 0 spiro atoms. The van der Waals surface area contributed by atoms with Gasteiger partial charge in [-0.05, 0) is 31.0 Å². The molecule has 4 heteroatoms. The number of hydrogen-bond donors (Lipinski definition) is 1. The molecule has 1 fully saturated rings. The summed E-state index contributed by atoms with van der Waals surface area (Å²) in [7, 11) is 0. The third-order valence-corrected chi connectivity index (χ3v) is 4.16. The summed E-state index contributed by atoms with van der Waals surface area (Å²) in [6.07, 6.45) is 2.15. The standard InChI is InChI=1S/C17H16BrNO2/c18-15-7-3-1-5-12(15)11-21-16-8-4-2-6-14(16)17(20)19-13-9-10-13/h1-8,13H,9-11H2,(H,19,20). The van der Waals surface area contributed by atoms with Crippen molar-refractivity contribution in [3.8, 4) is 5.75 Å². The molecule has 2 aromatic carbocycles. The van der Waals surface area contributed by atoms with Crippen molar-refractivity contribution in [1.82, 2.24) is 5.32 Å². The van der Waals surface area contributed by atoms with Gasteiger partial charge in [0.15, 0.2) is 0 Å². The number of rotatable bonds is 5. The van der Waals surface area contributed by atoms with Crippen molar-refractivity contribution in [2.24, 2.45) is 0 Å². The average Bonchev–Trinajstić information content (AvgIpc) is 3.31. The maximum Gasteiger partial charge on any atom is 0.255 e. The van der Waals surface area contributed by atoms with Gasteiger partial charge in [0.25, 0.3) is 5.91 Å². The lowest BCUT2D eigenvalue weighted by Gasteiger charge is -2.12. The van der Waals surface area contributed by atoms with E-state index in [-0.39, 0.29) is 5.91 Å². The number of ether oxygens (including phenoxy) is 1. The van der Waals surface area contributed by atoms with Crippen LogP contribution in [-0.4, -0.2) is 11.9 Å². The Kier molecular flexibility index (Phi) is 4.25. The Morgan fingerprint density at radius 3 is 2.62 bits per heavy atom. The van der Waals surface area contributed by atoms with Crippen LogP contribution in [-0.2, 0) is 6.61 Å². The second-order valence-electron chi connectivity index (χ2n) is 5.12. The van der Waals surface area contributed by atoms with Crippen molar-refractivity contribution in [2.45, 2.75) is 25.5 Å². The normalized spacial score (nSPS) is 13.8. The molecule has 1 amide bonds. The molecule has 3 nitrogen and oxygen atoms in total. The summed E-state index contributed by atoms with van der Waals surface area (Å²) in [5.74, 6) is 0.562. The number of hydrogen-bond acceptors (Lipinski definition) is 2. The SMILES string of the molecule is O=C(NC1CC1)c1ccccc1OCc1ccccc1Br. The third-order valence-electron chi connectivity index (χ3n) is 3.39. The molecule has 0 heterocycles. The van der Waals surface area contributed by atoms with E-state index in [1.54, 1.807) is 6.07 Å². The van der Waals surface area contributed by atoms with Gasteiger partial charge >= 0.3 is 0 Å². The van der Waals surface area contributed by atoms with E-state index in [2.05, 4.69) is 21.2 Å². The van der Waals surface area contributed by atoms with Crippen molar-refractivity contribution in [3.05, 3.63) is 64.1 Å². The first-order valence-corrected chi connectivity index (χ1v) is 7.79. The molecule has 3 rings (SSSR count). The Labute approximate surface area is 132 Å². The number of nitrogens with one attached hydrogen (secondary N) is 1. The minimum absolute atomic E-state index is 0.0553. The van der Waals surface area contributed by atoms with Crippen LogP contribution in [0.3, 0.4) is 0 Å². The second-order valence-corrected chi connectivity index (χ2v) is 5.98. The van der Waals surface area contributed by atoms with Crippen LogP contribution in [0.2, 0.25) is 0 Å². The van der Waals surface area contributed by atoms with Gasteiger partial charge in [0.05, 0.1) is 5.56 Å². The summed E-state index contributed by atoms with van der Waals surface area (Å²) in [6, 6.07) is 15.6. The fourth-order valence-corrected chi connectivity index (χ4v) is 2.44. The Morgan fingerprint density at radius 2 is 1.86 bits per heavy atom. The van der Waals surface area contributed by atoms with Gasteiger partial charge in [-0.1, -0.05) is 46.3 Å². The Hall–Kier alpha value is -1.81. The van der Waals surface area contributed by atoms with Gasteiger partial charge in [0.2, 0.25) is 0 Å². The molecule has 1 aliphatic rings. The monoisotopic (exact) mass is 345 g/mol. The minimum atomic E-state index is -0.0553. The van der Waals surface area contributed by atoms with Crippen LogP contribution in [0.5, 0.6) is 5.75 Å². The molecule has 0 aromatic heterocycles. The lowest BCUT2D eigenvalue weighted by Crippen LogP contribution is -2.25. The van der Waals surface area contributed by atoms with Crippen molar-refractivity contribution in [2.75, 3.05) is 0 Å². The van der Waals surface area contributed by atoms with Gasteiger partial charge in [-0.3, -0.25) is 4.79 Å². The predicted molar refractivity (Wildman–Crippen MR) is 85.4 cm³/mol. The molecule has 1 aliphatic carbocycles. The maximum atomic E-state index is 12.2. The molecule has 0 atom stereocenters. The fraction of sp³-hybridized carbons (Fsp3) is 0.235. The minimum Gasteiger partial charge on any atom is -0.488 e. The van der Waals surface area contributed by atoms with Crippen LogP contribution >= 0.6 is 15.9 Å². The summed E-state index contributed by atoms with van der Waals surface area (Å²) in [5.41, 5.74) is 1.64. The molecule has 1 N–H and O–H groups in total. The zero-order chi connectivity index (χ0) is 14.7. The molecule has 0 saturated heterocycles. The molecule has 108 valence electrons. The third kappa shape index (κ3) is 3.64. The Bertz CT molecular complexity index is 653. The molecular weight excluding hydrogens is 330 g/mol. The van der Waals surface area contributed by atoms with E-state index in [1.807, 2.05) is 42.5 Å². The Balaban J connectivity index is 1.73. The van der Waals surface area contributed by atoms with Gasteiger partial charge in [-0.2, -0.15) is 0 Å². The van der Waals surface area contributed by atoms with E-state index in [0.717, 1.165) is 22.9 Å². The van der Waals surface area contributed by atoms with E-state index >= 15 is 0 Å². The molecule has 21 heavy (non-hydrogen) atoms. The van der Waals surface area contributed by atoms with E-state index in [4.69, 9.17) is 4.74 Å². The van der Waals surface area contributed by atoms with Gasteiger partial charge < -0.3 is 10.1 Å². The highest BCUT2D eigenvalue weighted by Gasteiger charge is 2.25. The van der Waals surface area contributed by atoms with Crippen LogP contribution in [0.4, 0.5) is 0 Å². The van der Waals surface area contributed by atoms with E-state index < -0.39 is 0 Å². The number of halogens is 1. The summed E-state index contributed by atoms with van der Waals surface area (Å²) in [5, 5.41) is 2.99. The first kappa shape index (κ1) is 14.1. The van der Waals surface area contributed by atoms with Gasteiger partial charge in [-0.25, -0.2) is 0 Å². The molecule has 0 aliphatic heterocycles. The zero-order valence-electron chi connectivity index (χ0n) is 11.5. The lowest BCUT2D eigenvalue weighted by molar-refractivity contribution is 0.0946. The van der Waals surface area contributed by atoms with E-state index in [0.29, 0.717) is 24.0 Å². The number of amides is 1. The summed E-state index contributed by atoms with van der Waals surface area (Å²) in [6.45, 7) is 0.426. The van der Waals surface area contributed by atoms with Crippen LogP contribution in [0.1, 0.15) is 28.8 Å². The quantitative estimate of drug-likeness (QED) is 0.891. The largest absolute Gasteiger partial charge is 0.488 e. The molecule has 1 saturated carbocycles. The van der Waals surface area contributed by atoms with Gasteiger partial charge in [0, 0.05) is 16.1 Å². The molecular formula is C17H16BrNO2. The van der Waals surface area contributed by atoms with Crippen molar-refractivity contribution in [3.63, 3.8) is 0 Å². The number of benzene rings is 2. The summed E-state index contributed by atoms with van der Waals surface area (Å²) >= 11 is 3.50. The number of para-hydroxylation sites is 1. The molecule has 0 radical (unpaired) electrons. The highest BCUT2D eigenvalue weighted by atomic mass is 79.9. The number of carbonyl (C=O) groups excluding carboxylic acids is 1. The second kappa shape index (κ2) is 6.31. The summed E-state index contributed by atoms with van der Waals surface area (Å²) < 4.78 is 6.84. The van der Waals surface area contributed by atoms with E-state index in [9.17, 15) is 4.79 Å². The first-order chi connectivity index (χ1) is 10.2. The number of carbonyl (C=O) groups is 1. The molecule has 2 aromatic rings. The predicted octanol–water partition coefficient (Wildman–Crippen LogP) is 3.92. The first-order valence-electron chi connectivity index (χ1n) is 7.00. The average molecular weight is 346 g/mol. The molecule has 0 unspecified atom stereocenters. The maximum absolute atomic E-state index is 12.2. The van der Waals surface area contributed by atoms with Crippen LogP contribution < -0.4 is 10.1 Å². The fourth-order valence-electron chi connectivity index (χ4n) is 2.04. The highest BCUT2D eigenvalue weighted by molar-refractivity contribution is 9.10. The van der Waals surface area contributed by atoms with Crippen LogP contribution in [0, 0.1) is 0 Å². The zero-order valence-corrected chi connectivity index (χ0v) is 13.1. The summed E-state index contributed by atoms with van der Waals surface area (Å²) in [4.78, 5) is 12.2. The smallest absolute Gasteiger partial charge is 0.255 e. The molecule has 0 bridgehead atoms. The van der Waals surface area contributed by atoms with Crippen molar-refractivity contribution in [1.29, 1.82) is 0 Å². The lowest BCUT2D eigenvalue weighted by atomic mass is 10.2. The van der Waals surface area contributed by atoms with Crippen LogP contribution in [0.15, 0.2) is 53.0 Å². The highest BCUT2D eigenvalue weighted by Crippen LogP contribution is 2.24. The van der Waals surface area contributed by atoms with Gasteiger partial charge in [-0.15, -0.1) is 0 Å². The van der Waals surface area contributed by atoms with Gasteiger partial charge in [0.1, 0.15) is 12.4 Å². The van der Waals surface area contributed by atoms with Crippen molar-refractivity contribution < 1.29 is 9.53 Å². The van der Waals surface area contributed by atoms with Crippen LogP contribution in [0.25, 0.3) is 0 Å². The van der Waals surface area contributed by atoms with Crippen molar-refractivity contribution >= 4 is 21.8 Å².